The lowest BCUT2D eigenvalue weighted by molar-refractivity contribution is 0.0988. The monoisotopic (exact) mass is 301 g/mol. The van der Waals surface area contributed by atoms with Crippen LogP contribution in [0.1, 0.15) is 32.0 Å². The third kappa shape index (κ3) is 3.46. The third-order valence-electron chi connectivity index (χ3n) is 3.05. The molecule has 0 fully saturated rings. The van der Waals surface area contributed by atoms with Crippen LogP contribution in [0.15, 0.2) is 35.6 Å². The summed E-state index contributed by atoms with van der Waals surface area (Å²) in [6, 6.07) is 7.31. The Bertz CT molecular complexity index is 701. The van der Waals surface area contributed by atoms with Gasteiger partial charge in [-0.05, 0) is 18.7 Å². The molecule has 2 N–H and O–H groups in total. The molecule has 1 aromatic heterocycles. The first-order chi connectivity index (χ1) is 10.0. The van der Waals surface area contributed by atoms with Crippen molar-refractivity contribution in [1.29, 1.82) is 0 Å². The minimum absolute atomic E-state index is 0.0534. The molecule has 0 saturated heterocycles. The van der Waals surface area contributed by atoms with Crippen LogP contribution in [0.2, 0.25) is 0 Å². The lowest BCUT2D eigenvalue weighted by Gasteiger charge is -2.08. The van der Waals surface area contributed by atoms with Crippen molar-refractivity contribution in [3.63, 3.8) is 0 Å². The highest BCUT2D eigenvalue weighted by atomic mass is 32.2. The van der Waals surface area contributed by atoms with Gasteiger partial charge in [-0.3, -0.25) is 9.59 Å². The molecular weight excluding hydrogens is 286 g/mol. The molecule has 1 amide bonds. The first kappa shape index (κ1) is 15.2. The molecule has 0 saturated carbocycles. The van der Waals surface area contributed by atoms with E-state index in [0.29, 0.717) is 16.3 Å². The van der Waals surface area contributed by atoms with Gasteiger partial charge in [-0.2, -0.15) is 0 Å². The van der Waals surface area contributed by atoms with Gasteiger partial charge in [0.25, 0.3) is 5.91 Å². The molecule has 2 aromatic rings. The van der Waals surface area contributed by atoms with Crippen LogP contribution in [-0.4, -0.2) is 27.9 Å². The van der Waals surface area contributed by atoms with Crippen LogP contribution >= 0.6 is 11.8 Å². The average molecular weight is 301 g/mol. The molecule has 0 bridgehead atoms. The highest BCUT2D eigenvalue weighted by Crippen LogP contribution is 2.16. The highest BCUT2D eigenvalue weighted by Gasteiger charge is 2.17. The van der Waals surface area contributed by atoms with Gasteiger partial charge in [-0.1, -0.05) is 36.0 Å². The van der Waals surface area contributed by atoms with Crippen molar-refractivity contribution < 1.29 is 9.59 Å². The van der Waals surface area contributed by atoms with Crippen LogP contribution in [0.25, 0.3) is 0 Å². The molecule has 0 unspecified atom stereocenters. The maximum atomic E-state index is 12.4. The number of primary amides is 1. The molecule has 0 aliphatic carbocycles. The first-order valence-electron chi connectivity index (χ1n) is 6.31. The topological polar surface area (TPSA) is 85.9 Å². The quantitative estimate of drug-likeness (QED) is 0.519. The second-order valence-corrected chi connectivity index (χ2v) is 5.28. The van der Waals surface area contributed by atoms with Gasteiger partial charge in [-0.25, -0.2) is 9.97 Å². The third-order valence-corrected chi connectivity index (χ3v) is 3.62. The highest BCUT2D eigenvalue weighted by molar-refractivity contribution is 7.98. The number of hydrogen-bond donors (Lipinski definition) is 1. The minimum atomic E-state index is -0.653. The molecule has 2 rings (SSSR count). The molecule has 0 aliphatic heterocycles. The van der Waals surface area contributed by atoms with Crippen LogP contribution in [0, 0.1) is 6.92 Å². The fourth-order valence-electron chi connectivity index (χ4n) is 1.99. The SMILES string of the molecule is CSc1ncc(CC(=O)c2ccccc2C)c(C(N)=O)n1. The maximum absolute atomic E-state index is 12.4. The van der Waals surface area contributed by atoms with Crippen LogP contribution < -0.4 is 5.73 Å². The lowest BCUT2D eigenvalue weighted by Crippen LogP contribution is -2.19. The first-order valence-corrected chi connectivity index (χ1v) is 7.54. The summed E-state index contributed by atoms with van der Waals surface area (Å²) in [6.45, 7) is 1.87. The maximum Gasteiger partial charge on any atom is 0.267 e. The summed E-state index contributed by atoms with van der Waals surface area (Å²) in [4.78, 5) is 32.0. The van der Waals surface area contributed by atoms with E-state index in [1.807, 2.05) is 25.1 Å². The number of aryl methyl sites for hydroxylation is 1. The smallest absolute Gasteiger partial charge is 0.267 e. The van der Waals surface area contributed by atoms with Crippen LogP contribution in [0.4, 0.5) is 0 Å². The summed E-state index contributed by atoms with van der Waals surface area (Å²) in [5.74, 6) is -0.739. The van der Waals surface area contributed by atoms with E-state index in [1.54, 1.807) is 12.3 Å². The molecule has 0 atom stereocenters. The standard InChI is InChI=1S/C15H15N3O2S/c1-9-5-3-4-6-11(9)12(19)7-10-8-17-15(21-2)18-13(10)14(16)20/h3-6,8H,7H2,1-2H3,(H2,16,20). The van der Waals surface area contributed by atoms with Crippen molar-refractivity contribution in [2.24, 2.45) is 5.73 Å². The molecule has 0 spiro atoms. The molecular formula is C15H15N3O2S. The molecule has 108 valence electrons. The summed E-state index contributed by atoms with van der Waals surface area (Å²) in [5.41, 5.74) is 7.41. The predicted molar refractivity (Wildman–Crippen MR) is 81.5 cm³/mol. The number of ketones is 1. The van der Waals surface area contributed by atoms with Gasteiger partial charge in [0.05, 0.1) is 0 Å². The molecule has 0 radical (unpaired) electrons. The second kappa shape index (κ2) is 6.49. The van der Waals surface area contributed by atoms with Crippen molar-refractivity contribution in [3.8, 4) is 0 Å². The minimum Gasteiger partial charge on any atom is -0.364 e. The Morgan fingerprint density at radius 3 is 2.62 bits per heavy atom. The van der Waals surface area contributed by atoms with Gasteiger partial charge in [0.2, 0.25) is 0 Å². The Morgan fingerprint density at radius 1 is 1.29 bits per heavy atom. The summed E-state index contributed by atoms with van der Waals surface area (Å²) in [5, 5.41) is 0.455. The number of Topliss-reactive ketones (excluding diaryl/α,β-unsaturated/α-hetero) is 1. The van der Waals surface area contributed by atoms with Crippen molar-refractivity contribution in [1.82, 2.24) is 9.97 Å². The van der Waals surface area contributed by atoms with Crippen molar-refractivity contribution in [2.45, 2.75) is 18.5 Å². The van der Waals surface area contributed by atoms with E-state index in [-0.39, 0.29) is 17.9 Å². The number of benzene rings is 1. The van der Waals surface area contributed by atoms with E-state index >= 15 is 0 Å². The number of carbonyl (C=O) groups is 2. The fourth-order valence-corrected chi connectivity index (χ4v) is 2.33. The average Bonchev–Trinajstić information content (AvgIpc) is 2.47. The number of carbonyl (C=O) groups excluding carboxylic acids is 2. The Morgan fingerprint density at radius 2 is 2.00 bits per heavy atom. The fraction of sp³-hybridized carbons (Fsp3) is 0.200. The summed E-state index contributed by atoms with van der Waals surface area (Å²) < 4.78 is 0. The molecule has 1 heterocycles. The van der Waals surface area contributed by atoms with E-state index in [9.17, 15) is 9.59 Å². The molecule has 6 heteroatoms. The van der Waals surface area contributed by atoms with E-state index in [0.717, 1.165) is 5.56 Å². The van der Waals surface area contributed by atoms with Gasteiger partial charge >= 0.3 is 0 Å². The number of amides is 1. The summed E-state index contributed by atoms with van der Waals surface area (Å²) in [6.07, 6.45) is 3.35. The van der Waals surface area contributed by atoms with Crippen molar-refractivity contribution in [2.75, 3.05) is 6.26 Å². The summed E-state index contributed by atoms with van der Waals surface area (Å²) >= 11 is 1.31. The van der Waals surface area contributed by atoms with E-state index in [4.69, 9.17) is 5.73 Å². The zero-order chi connectivity index (χ0) is 15.4. The molecule has 5 nitrogen and oxygen atoms in total. The number of aromatic nitrogens is 2. The molecule has 1 aromatic carbocycles. The molecule has 21 heavy (non-hydrogen) atoms. The van der Waals surface area contributed by atoms with Crippen LogP contribution in [0.5, 0.6) is 0 Å². The number of nitrogens with zero attached hydrogens (tertiary/aromatic N) is 2. The van der Waals surface area contributed by atoms with E-state index in [2.05, 4.69) is 9.97 Å². The zero-order valence-corrected chi connectivity index (χ0v) is 12.6. The van der Waals surface area contributed by atoms with Gasteiger partial charge in [-0.15, -0.1) is 0 Å². The molecule has 0 aliphatic rings. The Kier molecular flexibility index (Phi) is 4.70. The van der Waals surface area contributed by atoms with E-state index < -0.39 is 5.91 Å². The van der Waals surface area contributed by atoms with Gasteiger partial charge < -0.3 is 5.73 Å². The van der Waals surface area contributed by atoms with Crippen molar-refractivity contribution >= 4 is 23.5 Å². The van der Waals surface area contributed by atoms with Gasteiger partial charge in [0.1, 0.15) is 5.69 Å². The van der Waals surface area contributed by atoms with E-state index in [1.165, 1.54) is 18.0 Å². The Balaban J connectivity index is 2.33. The number of rotatable bonds is 5. The number of thioether (sulfide) groups is 1. The number of hydrogen-bond acceptors (Lipinski definition) is 5. The predicted octanol–water partition coefficient (Wildman–Crippen LogP) is 2.03. The Hall–Kier alpha value is -2.21. The van der Waals surface area contributed by atoms with Crippen LogP contribution in [0.3, 0.4) is 0 Å². The summed E-state index contributed by atoms with van der Waals surface area (Å²) in [7, 11) is 0. The largest absolute Gasteiger partial charge is 0.364 e. The van der Waals surface area contributed by atoms with Gasteiger partial charge in [0.15, 0.2) is 10.9 Å². The number of nitrogens with two attached hydrogens (primary N) is 1. The van der Waals surface area contributed by atoms with Crippen molar-refractivity contribution in [3.05, 3.63) is 52.8 Å². The van der Waals surface area contributed by atoms with Crippen LogP contribution in [-0.2, 0) is 6.42 Å². The normalized spacial score (nSPS) is 10.4. The zero-order valence-electron chi connectivity index (χ0n) is 11.8. The van der Waals surface area contributed by atoms with Gasteiger partial charge in [0, 0.05) is 23.7 Å². The Labute approximate surface area is 127 Å². The second-order valence-electron chi connectivity index (χ2n) is 4.51. The lowest BCUT2D eigenvalue weighted by atomic mass is 9.99.